The van der Waals surface area contributed by atoms with E-state index in [1.807, 2.05) is 6.92 Å². The predicted molar refractivity (Wildman–Crippen MR) is 92.3 cm³/mol. The van der Waals surface area contributed by atoms with Gasteiger partial charge in [-0.25, -0.2) is 9.69 Å². The molecule has 1 unspecified atom stereocenters. The monoisotopic (exact) mass is 388 g/mol. The largest absolute Gasteiger partial charge is 0.361 e. The number of urea groups is 1. The van der Waals surface area contributed by atoms with E-state index in [0.717, 1.165) is 29.8 Å². The van der Waals surface area contributed by atoms with E-state index in [2.05, 4.69) is 39.1 Å². The molecular weight excluding hydrogens is 368 g/mol. The number of allylic oxidation sites excluding steroid dienone is 2. The molecule has 0 radical (unpaired) electrons. The van der Waals surface area contributed by atoms with E-state index < -0.39 is 0 Å². The Morgan fingerprint density at radius 2 is 2.32 bits per heavy atom. The Morgan fingerprint density at radius 3 is 2.95 bits per heavy atom. The molecule has 2 rings (SSSR count). The zero-order valence-electron chi connectivity index (χ0n) is 13.1. The van der Waals surface area contributed by atoms with Gasteiger partial charge in [-0.3, -0.25) is 0 Å². The second kappa shape index (κ2) is 8.03. The lowest BCUT2D eigenvalue weighted by molar-refractivity contribution is 0.0692. The fourth-order valence-electron chi connectivity index (χ4n) is 2.23. The van der Waals surface area contributed by atoms with Crippen molar-refractivity contribution in [2.75, 3.05) is 24.0 Å². The number of rotatable bonds is 6. The average Bonchev–Trinajstić information content (AvgIpc) is 3.01. The van der Waals surface area contributed by atoms with Crippen molar-refractivity contribution in [3.8, 4) is 0 Å². The summed E-state index contributed by atoms with van der Waals surface area (Å²) in [6, 6.07) is -0.104. The SMILES string of the molecule is CCC/C=C(/C)c1nnc(N2C(=O)N(CBr)CCC2OC)s1. The Kier molecular flexibility index (Phi) is 6.34. The quantitative estimate of drug-likeness (QED) is 0.550. The van der Waals surface area contributed by atoms with Crippen LogP contribution in [0, 0.1) is 0 Å². The number of hydrogen-bond acceptors (Lipinski definition) is 5. The molecular formula is C14H21BrN4O2S. The molecule has 0 aliphatic carbocycles. The van der Waals surface area contributed by atoms with Crippen molar-refractivity contribution in [1.29, 1.82) is 0 Å². The first-order valence-electron chi connectivity index (χ1n) is 7.29. The average molecular weight is 389 g/mol. The van der Waals surface area contributed by atoms with Gasteiger partial charge in [-0.1, -0.05) is 46.7 Å². The molecule has 1 aromatic heterocycles. The summed E-state index contributed by atoms with van der Waals surface area (Å²) in [5, 5.41) is 9.85. The molecule has 0 aromatic carbocycles. The van der Waals surface area contributed by atoms with Gasteiger partial charge < -0.3 is 9.64 Å². The van der Waals surface area contributed by atoms with Crippen molar-refractivity contribution in [3.63, 3.8) is 0 Å². The summed E-state index contributed by atoms with van der Waals surface area (Å²) in [6.07, 6.45) is 4.72. The van der Waals surface area contributed by atoms with E-state index in [4.69, 9.17) is 4.74 Å². The molecule has 8 heteroatoms. The molecule has 0 spiro atoms. The lowest BCUT2D eigenvalue weighted by atomic mass is 10.2. The summed E-state index contributed by atoms with van der Waals surface area (Å²) in [5.41, 5.74) is 1.60. The van der Waals surface area contributed by atoms with Crippen molar-refractivity contribution in [3.05, 3.63) is 11.1 Å². The van der Waals surface area contributed by atoms with Crippen LogP contribution in [0.25, 0.3) is 5.57 Å². The van der Waals surface area contributed by atoms with Crippen LogP contribution in [0.5, 0.6) is 0 Å². The standard InChI is InChI=1S/C14H21BrN4O2S/c1-4-5-6-10(2)12-16-17-13(22-12)19-11(21-3)7-8-18(9-15)14(19)20/h6,11H,4-5,7-9H2,1-3H3/b10-6-. The number of hydrogen-bond donors (Lipinski definition) is 0. The van der Waals surface area contributed by atoms with Crippen molar-refractivity contribution in [2.24, 2.45) is 0 Å². The lowest BCUT2D eigenvalue weighted by Gasteiger charge is -2.38. The van der Waals surface area contributed by atoms with Gasteiger partial charge in [0.25, 0.3) is 0 Å². The van der Waals surface area contributed by atoms with Crippen LogP contribution in [0.3, 0.4) is 0 Å². The van der Waals surface area contributed by atoms with E-state index >= 15 is 0 Å². The van der Waals surface area contributed by atoms with Crippen molar-refractivity contribution >= 4 is 44.0 Å². The first-order valence-corrected chi connectivity index (χ1v) is 9.23. The van der Waals surface area contributed by atoms with Gasteiger partial charge in [-0.05, 0) is 18.9 Å². The fraction of sp³-hybridized carbons (Fsp3) is 0.643. The van der Waals surface area contributed by atoms with Crippen LogP contribution in [0.2, 0.25) is 0 Å². The van der Waals surface area contributed by atoms with Crippen LogP contribution in [0.4, 0.5) is 9.93 Å². The Bertz CT molecular complexity index is 549. The Balaban J connectivity index is 2.24. The summed E-state index contributed by atoms with van der Waals surface area (Å²) in [6.45, 7) is 4.83. The fourth-order valence-corrected chi connectivity index (χ4v) is 3.57. The number of aromatic nitrogens is 2. The number of carbonyl (C=O) groups is 1. The minimum atomic E-state index is -0.288. The summed E-state index contributed by atoms with van der Waals surface area (Å²) in [5.74, 6) is 0. The highest BCUT2D eigenvalue weighted by molar-refractivity contribution is 9.09. The number of ether oxygens (including phenoxy) is 1. The van der Waals surface area contributed by atoms with Gasteiger partial charge in [-0.2, -0.15) is 0 Å². The van der Waals surface area contributed by atoms with Gasteiger partial charge in [0.15, 0.2) is 0 Å². The number of alkyl halides is 1. The highest BCUT2D eigenvalue weighted by Gasteiger charge is 2.36. The predicted octanol–water partition coefficient (Wildman–Crippen LogP) is 3.70. The highest BCUT2D eigenvalue weighted by Crippen LogP contribution is 2.31. The molecule has 1 aliphatic rings. The van der Waals surface area contributed by atoms with E-state index in [9.17, 15) is 4.79 Å². The maximum Gasteiger partial charge on any atom is 0.329 e. The van der Waals surface area contributed by atoms with Crippen LogP contribution in [0.15, 0.2) is 6.08 Å². The molecule has 1 atom stereocenters. The maximum atomic E-state index is 12.5. The second-order valence-electron chi connectivity index (χ2n) is 5.08. The minimum absolute atomic E-state index is 0.104. The van der Waals surface area contributed by atoms with Gasteiger partial charge in [0.2, 0.25) is 5.13 Å². The molecule has 2 heterocycles. The molecule has 1 aromatic rings. The number of halogens is 1. The van der Waals surface area contributed by atoms with E-state index in [1.165, 1.54) is 11.3 Å². The Hall–Kier alpha value is -0.990. The van der Waals surface area contributed by atoms with Crippen LogP contribution in [-0.2, 0) is 4.74 Å². The normalized spacial score (nSPS) is 19.9. The van der Waals surface area contributed by atoms with Gasteiger partial charge in [0.05, 0.1) is 5.45 Å². The number of unbranched alkanes of at least 4 members (excludes halogenated alkanes) is 1. The molecule has 1 aliphatic heterocycles. The van der Waals surface area contributed by atoms with E-state index in [1.54, 1.807) is 16.9 Å². The molecule has 0 bridgehead atoms. The molecule has 0 saturated carbocycles. The van der Waals surface area contributed by atoms with E-state index in [-0.39, 0.29) is 12.3 Å². The van der Waals surface area contributed by atoms with Crippen LogP contribution in [0.1, 0.15) is 38.1 Å². The number of nitrogens with zero attached hydrogens (tertiary/aromatic N) is 4. The van der Waals surface area contributed by atoms with Crippen LogP contribution in [-0.4, -0.2) is 46.5 Å². The van der Waals surface area contributed by atoms with Gasteiger partial charge in [0.1, 0.15) is 11.2 Å². The van der Waals surface area contributed by atoms with Crippen LogP contribution >= 0.6 is 27.3 Å². The van der Waals surface area contributed by atoms with Crippen molar-refractivity contribution in [1.82, 2.24) is 15.1 Å². The van der Waals surface area contributed by atoms with Gasteiger partial charge in [0, 0.05) is 20.1 Å². The third-order valence-electron chi connectivity index (χ3n) is 3.52. The summed E-state index contributed by atoms with van der Waals surface area (Å²) >= 11 is 4.77. The summed E-state index contributed by atoms with van der Waals surface area (Å²) in [4.78, 5) is 15.9. The summed E-state index contributed by atoms with van der Waals surface area (Å²) in [7, 11) is 1.61. The number of anilines is 1. The topological polar surface area (TPSA) is 58.6 Å². The molecule has 122 valence electrons. The second-order valence-corrected chi connectivity index (χ2v) is 6.54. The summed E-state index contributed by atoms with van der Waals surface area (Å²) < 4.78 is 5.44. The molecule has 1 fully saturated rings. The molecule has 22 heavy (non-hydrogen) atoms. The zero-order chi connectivity index (χ0) is 16.1. The molecule has 6 nitrogen and oxygen atoms in total. The Labute approximate surface area is 143 Å². The Morgan fingerprint density at radius 1 is 1.55 bits per heavy atom. The van der Waals surface area contributed by atoms with Crippen molar-refractivity contribution in [2.45, 2.75) is 39.3 Å². The van der Waals surface area contributed by atoms with Gasteiger partial charge >= 0.3 is 6.03 Å². The number of amides is 2. The third-order valence-corrected chi connectivity index (χ3v) is 5.19. The highest BCUT2D eigenvalue weighted by atomic mass is 79.9. The minimum Gasteiger partial charge on any atom is -0.361 e. The first kappa shape index (κ1) is 17.4. The first-order chi connectivity index (χ1) is 10.6. The third kappa shape index (κ3) is 3.67. The van der Waals surface area contributed by atoms with Gasteiger partial charge in [-0.15, -0.1) is 10.2 Å². The number of carbonyl (C=O) groups excluding carboxylic acids is 1. The molecule has 2 amide bonds. The lowest BCUT2D eigenvalue weighted by Crippen LogP contribution is -2.54. The van der Waals surface area contributed by atoms with Crippen LogP contribution < -0.4 is 4.90 Å². The van der Waals surface area contributed by atoms with E-state index in [0.29, 0.717) is 17.1 Å². The van der Waals surface area contributed by atoms with Crippen molar-refractivity contribution < 1.29 is 9.53 Å². The smallest absolute Gasteiger partial charge is 0.329 e. The molecule has 0 N–H and O–H groups in total. The number of methoxy groups -OCH3 is 1. The zero-order valence-corrected chi connectivity index (χ0v) is 15.5. The maximum absolute atomic E-state index is 12.5. The molecule has 1 saturated heterocycles.